The van der Waals surface area contributed by atoms with E-state index in [2.05, 4.69) is 10.6 Å². The number of amides is 1. The maximum absolute atomic E-state index is 13.3. The Morgan fingerprint density at radius 2 is 2.21 bits per heavy atom. The molecule has 0 radical (unpaired) electrons. The van der Waals surface area contributed by atoms with Gasteiger partial charge in [0.05, 0.1) is 6.04 Å². The van der Waals surface area contributed by atoms with Gasteiger partial charge in [-0.1, -0.05) is 0 Å². The van der Waals surface area contributed by atoms with Gasteiger partial charge < -0.3 is 15.4 Å². The molecule has 2 N–H and O–H groups in total. The SMILES string of the molecule is CC(C)(C)OC(=O)N[C@H]1CCNc2ccc(F)cc21. The van der Waals surface area contributed by atoms with Gasteiger partial charge in [0, 0.05) is 17.8 Å². The van der Waals surface area contributed by atoms with E-state index in [1.54, 1.807) is 6.07 Å². The van der Waals surface area contributed by atoms with E-state index in [1.165, 1.54) is 12.1 Å². The fourth-order valence-electron chi connectivity index (χ4n) is 2.09. The maximum Gasteiger partial charge on any atom is 0.408 e. The van der Waals surface area contributed by atoms with Crippen LogP contribution in [0.3, 0.4) is 0 Å². The molecule has 5 heteroatoms. The molecule has 0 unspecified atom stereocenters. The van der Waals surface area contributed by atoms with E-state index in [-0.39, 0.29) is 11.9 Å². The van der Waals surface area contributed by atoms with Gasteiger partial charge in [-0.15, -0.1) is 0 Å². The highest BCUT2D eigenvalue weighted by molar-refractivity contribution is 5.69. The molecule has 0 saturated carbocycles. The summed E-state index contributed by atoms with van der Waals surface area (Å²) in [5.74, 6) is -0.307. The fraction of sp³-hybridized carbons (Fsp3) is 0.500. The molecular formula is C14H19FN2O2. The highest BCUT2D eigenvalue weighted by Crippen LogP contribution is 2.30. The molecule has 0 saturated heterocycles. The first-order valence-electron chi connectivity index (χ1n) is 6.38. The van der Waals surface area contributed by atoms with Gasteiger partial charge in [-0.05, 0) is 45.4 Å². The maximum atomic E-state index is 13.3. The van der Waals surface area contributed by atoms with E-state index in [0.29, 0.717) is 6.42 Å². The molecule has 1 aromatic carbocycles. The summed E-state index contributed by atoms with van der Waals surface area (Å²) in [4.78, 5) is 11.8. The van der Waals surface area contributed by atoms with Gasteiger partial charge in [0.2, 0.25) is 0 Å². The number of alkyl carbamates (subject to hydrolysis) is 1. The zero-order valence-corrected chi connectivity index (χ0v) is 11.4. The summed E-state index contributed by atoms with van der Waals surface area (Å²) in [5, 5.41) is 5.97. The topological polar surface area (TPSA) is 50.4 Å². The van der Waals surface area contributed by atoms with Gasteiger partial charge in [-0.25, -0.2) is 9.18 Å². The number of fused-ring (bicyclic) bond motifs is 1. The number of ether oxygens (including phenoxy) is 1. The van der Waals surface area contributed by atoms with Crippen LogP contribution in [0.15, 0.2) is 18.2 Å². The minimum Gasteiger partial charge on any atom is -0.444 e. The van der Waals surface area contributed by atoms with E-state index in [0.717, 1.165) is 17.8 Å². The molecule has 2 rings (SSSR count). The summed E-state index contributed by atoms with van der Waals surface area (Å²) in [7, 11) is 0. The third-order valence-corrected chi connectivity index (χ3v) is 2.83. The van der Waals surface area contributed by atoms with Gasteiger partial charge >= 0.3 is 6.09 Å². The van der Waals surface area contributed by atoms with Crippen LogP contribution >= 0.6 is 0 Å². The predicted octanol–water partition coefficient (Wildman–Crippen LogP) is 3.21. The van der Waals surface area contributed by atoms with Crippen molar-refractivity contribution in [2.45, 2.75) is 38.8 Å². The molecule has 0 fully saturated rings. The van der Waals surface area contributed by atoms with Crippen molar-refractivity contribution in [1.29, 1.82) is 0 Å². The van der Waals surface area contributed by atoms with Gasteiger partial charge in [0.15, 0.2) is 0 Å². The molecule has 1 heterocycles. The minimum atomic E-state index is -0.540. The van der Waals surface area contributed by atoms with E-state index in [1.807, 2.05) is 20.8 Å². The highest BCUT2D eigenvalue weighted by atomic mass is 19.1. The lowest BCUT2D eigenvalue weighted by atomic mass is 9.98. The van der Waals surface area contributed by atoms with Gasteiger partial charge in [-0.2, -0.15) is 0 Å². The monoisotopic (exact) mass is 266 g/mol. The molecule has 4 nitrogen and oxygen atoms in total. The second kappa shape index (κ2) is 5.07. The molecule has 1 amide bonds. The van der Waals surface area contributed by atoms with E-state index >= 15 is 0 Å². The number of carbonyl (C=O) groups excluding carboxylic acids is 1. The van der Waals surface area contributed by atoms with Gasteiger partial charge in [0.25, 0.3) is 0 Å². The molecule has 1 aromatic rings. The predicted molar refractivity (Wildman–Crippen MR) is 71.6 cm³/mol. The molecule has 0 aliphatic carbocycles. The number of rotatable bonds is 1. The highest BCUT2D eigenvalue weighted by Gasteiger charge is 2.24. The summed E-state index contributed by atoms with van der Waals surface area (Å²) in [5.41, 5.74) is 1.08. The van der Waals surface area contributed by atoms with Crippen LogP contribution in [-0.2, 0) is 4.74 Å². The minimum absolute atomic E-state index is 0.221. The molecule has 1 aliphatic rings. The molecule has 0 spiro atoms. The summed E-state index contributed by atoms with van der Waals surface area (Å²) in [6.45, 7) is 6.16. The summed E-state index contributed by atoms with van der Waals surface area (Å²) in [6, 6.07) is 4.32. The molecule has 1 atom stereocenters. The lowest BCUT2D eigenvalue weighted by Crippen LogP contribution is -2.37. The van der Waals surface area contributed by atoms with Crippen LogP contribution in [0.4, 0.5) is 14.9 Å². The van der Waals surface area contributed by atoms with Crippen LogP contribution in [0, 0.1) is 5.82 Å². The Morgan fingerprint density at radius 3 is 2.89 bits per heavy atom. The summed E-state index contributed by atoms with van der Waals surface area (Å²) < 4.78 is 18.5. The van der Waals surface area contributed by atoms with Crippen molar-refractivity contribution in [3.63, 3.8) is 0 Å². The van der Waals surface area contributed by atoms with Crippen molar-refractivity contribution in [3.8, 4) is 0 Å². The molecular weight excluding hydrogens is 247 g/mol. The largest absolute Gasteiger partial charge is 0.444 e. The number of hydrogen-bond acceptors (Lipinski definition) is 3. The Kier molecular flexibility index (Phi) is 3.64. The van der Waals surface area contributed by atoms with Crippen molar-refractivity contribution in [3.05, 3.63) is 29.6 Å². The Bertz CT molecular complexity index is 483. The molecule has 0 bridgehead atoms. The average molecular weight is 266 g/mol. The lowest BCUT2D eigenvalue weighted by Gasteiger charge is -2.28. The van der Waals surface area contributed by atoms with Crippen molar-refractivity contribution in [2.24, 2.45) is 0 Å². The average Bonchev–Trinajstić information content (AvgIpc) is 2.27. The lowest BCUT2D eigenvalue weighted by molar-refractivity contribution is 0.0501. The zero-order valence-electron chi connectivity index (χ0n) is 11.4. The van der Waals surface area contributed by atoms with Crippen molar-refractivity contribution < 1.29 is 13.9 Å². The van der Waals surface area contributed by atoms with Crippen LogP contribution in [0.1, 0.15) is 38.8 Å². The molecule has 1 aliphatic heterocycles. The first-order chi connectivity index (χ1) is 8.85. The smallest absolute Gasteiger partial charge is 0.408 e. The zero-order chi connectivity index (χ0) is 14.0. The number of benzene rings is 1. The van der Waals surface area contributed by atoms with Crippen molar-refractivity contribution >= 4 is 11.8 Å². The van der Waals surface area contributed by atoms with E-state index < -0.39 is 11.7 Å². The van der Waals surface area contributed by atoms with Crippen molar-refractivity contribution in [2.75, 3.05) is 11.9 Å². The van der Waals surface area contributed by atoms with Crippen LogP contribution in [0.5, 0.6) is 0 Å². The van der Waals surface area contributed by atoms with E-state index in [4.69, 9.17) is 4.74 Å². The molecule has 104 valence electrons. The Hall–Kier alpha value is -1.78. The number of halogens is 1. The van der Waals surface area contributed by atoms with Crippen LogP contribution in [-0.4, -0.2) is 18.2 Å². The first-order valence-corrected chi connectivity index (χ1v) is 6.38. The van der Waals surface area contributed by atoms with Gasteiger partial charge in [-0.3, -0.25) is 0 Å². The molecule has 0 aromatic heterocycles. The van der Waals surface area contributed by atoms with Crippen LogP contribution in [0.25, 0.3) is 0 Å². The van der Waals surface area contributed by atoms with Crippen LogP contribution in [0.2, 0.25) is 0 Å². The van der Waals surface area contributed by atoms with Crippen molar-refractivity contribution in [1.82, 2.24) is 5.32 Å². The summed E-state index contributed by atoms with van der Waals surface area (Å²) >= 11 is 0. The second-order valence-electron chi connectivity index (χ2n) is 5.65. The number of carbonyl (C=O) groups is 1. The third-order valence-electron chi connectivity index (χ3n) is 2.83. The normalized spacial score (nSPS) is 18.2. The second-order valence-corrected chi connectivity index (χ2v) is 5.65. The number of anilines is 1. The summed E-state index contributed by atoms with van der Waals surface area (Å²) in [6.07, 6.45) is 0.227. The van der Waals surface area contributed by atoms with Crippen LogP contribution < -0.4 is 10.6 Å². The fourth-order valence-corrected chi connectivity index (χ4v) is 2.09. The third kappa shape index (κ3) is 3.59. The first kappa shape index (κ1) is 13.6. The molecule has 19 heavy (non-hydrogen) atoms. The number of nitrogens with one attached hydrogen (secondary N) is 2. The quantitative estimate of drug-likeness (QED) is 0.820. The van der Waals surface area contributed by atoms with Gasteiger partial charge in [0.1, 0.15) is 11.4 Å². The van der Waals surface area contributed by atoms with E-state index in [9.17, 15) is 9.18 Å². The Labute approximate surface area is 112 Å². The Balaban J connectivity index is 2.11. The number of hydrogen-bond donors (Lipinski definition) is 2. The standard InChI is InChI=1S/C14H19FN2O2/c1-14(2,3)19-13(18)17-12-6-7-16-11-5-4-9(15)8-10(11)12/h4-5,8,12,16H,6-7H2,1-3H3,(H,17,18)/t12-/m0/s1. The Morgan fingerprint density at radius 1 is 1.47 bits per heavy atom.